The maximum Gasteiger partial charge on any atom is 0.435 e. The molecule has 0 saturated carbocycles. The van der Waals surface area contributed by atoms with Gasteiger partial charge in [0.05, 0.1) is 5.51 Å². The zero-order valence-electron chi connectivity index (χ0n) is 5.14. The molecule has 0 spiro atoms. The van der Waals surface area contributed by atoms with Crippen molar-refractivity contribution in [2.75, 3.05) is 0 Å². The van der Waals surface area contributed by atoms with E-state index in [0.29, 0.717) is 10.5 Å². The highest BCUT2D eigenvalue weighted by Gasteiger charge is 2.14. The van der Waals surface area contributed by atoms with E-state index in [-0.39, 0.29) is 5.95 Å². The minimum Gasteiger partial charge on any atom is -0.390 e. The van der Waals surface area contributed by atoms with Gasteiger partial charge < -0.3 is 10.1 Å². The van der Waals surface area contributed by atoms with E-state index in [1.54, 1.807) is 5.51 Å². The van der Waals surface area contributed by atoms with Gasteiger partial charge in [0.15, 0.2) is 0 Å². The quantitative estimate of drug-likeness (QED) is 0.509. The molecule has 6 nitrogen and oxygen atoms in total. The molecule has 0 radical (unpaired) electrons. The summed E-state index contributed by atoms with van der Waals surface area (Å²) in [6, 6.07) is 0. The Kier molecular flexibility index (Phi) is 1.13. The van der Waals surface area contributed by atoms with Crippen molar-refractivity contribution in [2.45, 2.75) is 0 Å². The van der Waals surface area contributed by atoms with Crippen molar-refractivity contribution < 1.29 is 4.92 Å². The maximum atomic E-state index is 10.2. The number of nitrogens with one attached hydrogen (secondary N) is 1. The molecule has 0 fully saturated rings. The molecule has 0 unspecified atom stereocenters. The molecule has 0 aliphatic rings. The lowest BCUT2D eigenvalue weighted by Gasteiger charge is -1.84. The topological polar surface area (TPSA) is 84.7 Å². The molecule has 0 aromatic carbocycles. The van der Waals surface area contributed by atoms with Crippen LogP contribution in [0, 0.1) is 10.1 Å². The van der Waals surface area contributed by atoms with Gasteiger partial charge >= 0.3 is 5.95 Å². The van der Waals surface area contributed by atoms with Gasteiger partial charge in [0, 0.05) is 0 Å². The van der Waals surface area contributed by atoms with Gasteiger partial charge in [-0.1, -0.05) is 11.3 Å². The molecular weight excluding hydrogens is 168 g/mol. The largest absolute Gasteiger partial charge is 0.435 e. The zero-order valence-corrected chi connectivity index (χ0v) is 5.96. The summed E-state index contributed by atoms with van der Waals surface area (Å²) >= 11 is 1.29. The van der Waals surface area contributed by atoms with Gasteiger partial charge in [0.25, 0.3) is 5.65 Å². The molecule has 0 amide bonds. The summed E-state index contributed by atoms with van der Waals surface area (Å²) in [5, 5.41) is 10.2. The third kappa shape index (κ3) is 0.855. The molecule has 2 heterocycles. The SMILES string of the molecule is O=[N+]([O-])c1nc2ncsc2[nH]1. The average molecular weight is 170 g/mol. The van der Waals surface area contributed by atoms with Crippen LogP contribution in [0.25, 0.3) is 10.5 Å². The molecule has 0 atom stereocenters. The normalized spacial score (nSPS) is 10.5. The summed E-state index contributed by atoms with van der Waals surface area (Å²) in [7, 11) is 0. The number of H-pyrrole nitrogens is 1. The van der Waals surface area contributed by atoms with Crippen molar-refractivity contribution in [3.05, 3.63) is 15.6 Å². The summed E-state index contributed by atoms with van der Waals surface area (Å²) in [6.07, 6.45) is 0. The first-order chi connectivity index (χ1) is 5.27. The number of imidazole rings is 1. The fraction of sp³-hybridized carbons (Fsp3) is 0. The molecule has 0 aliphatic carbocycles. The Hall–Kier alpha value is -1.50. The standard InChI is InChI=1S/C4H2N4O2S/c9-8(10)4-6-2-3(7-4)11-1-5-2/h1H,(H,6,7). The van der Waals surface area contributed by atoms with Gasteiger partial charge in [-0.15, -0.1) is 0 Å². The lowest BCUT2D eigenvalue weighted by atomic mass is 10.8. The van der Waals surface area contributed by atoms with Crippen molar-refractivity contribution in [2.24, 2.45) is 0 Å². The number of hydrogen-bond donors (Lipinski definition) is 1. The summed E-state index contributed by atoms with van der Waals surface area (Å²) in [5.74, 6) is -0.251. The number of hydrogen-bond acceptors (Lipinski definition) is 5. The fourth-order valence-corrected chi connectivity index (χ4v) is 1.33. The zero-order chi connectivity index (χ0) is 7.84. The smallest absolute Gasteiger partial charge is 0.390 e. The first-order valence-corrected chi connectivity index (χ1v) is 3.59. The molecule has 1 N–H and O–H groups in total. The second-order valence-electron chi connectivity index (χ2n) is 1.82. The van der Waals surface area contributed by atoms with Gasteiger partial charge in [-0.25, -0.2) is 9.97 Å². The second kappa shape index (κ2) is 1.99. The van der Waals surface area contributed by atoms with Crippen LogP contribution in [0.5, 0.6) is 0 Å². The van der Waals surface area contributed by atoms with E-state index in [0.717, 1.165) is 0 Å². The van der Waals surface area contributed by atoms with Crippen LogP contribution in [0.2, 0.25) is 0 Å². The van der Waals surface area contributed by atoms with Crippen LogP contribution >= 0.6 is 11.3 Å². The van der Waals surface area contributed by atoms with Gasteiger partial charge in [-0.3, -0.25) is 0 Å². The van der Waals surface area contributed by atoms with Crippen LogP contribution < -0.4 is 0 Å². The van der Waals surface area contributed by atoms with Gasteiger partial charge in [-0.2, -0.15) is 0 Å². The summed E-state index contributed by atoms with van der Waals surface area (Å²) in [5.41, 5.74) is 1.99. The fourth-order valence-electron chi connectivity index (χ4n) is 0.722. The van der Waals surface area contributed by atoms with Crippen LogP contribution in [0.15, 0.2) is 5.51 Å². The Labute approximate surface area is 64.1 Å². The van der Waals surface area contributed by atoms with E-state index in [4.69, 9.17) is 0 Å². The average Bonchev–Trinajstić information content (AvgIpc) is 2.40. The van der Waals surface area contributed by atoms with E-state index in [9.17, 15) is 10.1 Å². The number of thiazole rings is 1. The summed E-state index contributed by atoms with van der Waals surface area (Å²) in [6.45, 7) is 0. The van der Waals surface area contributed by atoms with Gasteiger partial charge in [0.1, 0.15) is 0 Å². The first-order valence-electron chi connectivity index (χ1n) is 2.71. The third-order valence-corrected chi connectivity index (χ3v) is 1.89. The monoisotopic (exact) mass is 170 g/mol. The van der Waals surface area contributed by atoms with Crippen molar-refractivity contribution in [1.82, 2.24) is 15.0 Å². The Bertz CT molecular complexity index is 376. The predicted molar refractivity (Wildman–Crippen MR) is 38.4 cm³/mol. The molecule has 7 heteroatoms. The molecular formula is C4H2N4O2S. The number of nitrogens with zero attached hydrogens (tertiary/aromatic N) is 3. The third-order valence-electron chi connectivity index (χ3n) is 1.16. The van der Waals surface area contributed by atoms with Crippen LogP contribution in [-0.2, 0) is 0 Å². The number of fused-ring (bicyclic) bond motifs is 1. The minimum atomic E-state index is -0.575. The van der Waals surface area contributed by atoms with Crippen molar-refractivity contribution >= 4 is 27.8 Å². The molecule has 0 bridgehead atoms. The molecule has 56 valence electrons. The Morgan fingerprint density at radius 3 is 3.18 bits per heavy atom. The Morgan fingerprint density at radius 1 is 1.73 bits per heavy atom. The highest BCUT2D eigenvalue weighted by Crippen LogP contribution is 2.17. The van der Waals surface area contributed by atoms with E-state index in [1.165, 1.54) is 11.3 Å². The Balaban J connectivity index is 2.67. The predicted octanol–water partition coefficient (Wildman–Crippen LogP) is 0.928. The lowest BCUT2D eigenvalue weighted by Crippen LogP contribution is -1.88. The van der Waals surface area contributed by atoms with Crippen molar-refractivity contribution in [3.8, 4) is 0 Å². The molecule has 0 aliphatic heterocycles. The van der Waals surface area contributed by atoms with Crippen LogP contribution in [-0.4, -0.2) is 19.9 Å². The second-order valence-corrected chi connectivity index (χ2v) is 2.68. The number of aromatic nitrogens is 3. The molecule has 2 aromatic rings. The van der Waals surface area contributed by atoms with Crippen molar-refractivity contribution in [1.29, 1.82) is 0 Å². The molecule has 2 rings (SSSR count). The van der Waals surface area contributed by atoms with E-state index < -0.39 is 4.92 Å². The highest BCUT2D eigenvalue weighted by atomic mass is 32.1. The Morgan fingerprint density at radius 2 is 2.55 bits per heavy atom. The lowest BCUT2D eigenvalue weighted by molar-refractivity contribution is -0.393. The number of rotatable bonds is 1. The van der Waals surface area contributed by atoms with Crippen LogP contribution in [0.1, 0.15) is 0 Å². The van der Waals surface area contributed by atoms with E-state index in [1.807, 2.05) is 0 Å². The van der Waals surface area contributed by atoms with Crippen molar-refractivity contribution in [3.63, 3.8) is 0 Å². The molecule has 11 heavy (non-hydrogen) atoms. The van der Waals surface area contributed by atoms with Gasteiger partial charge in [-0.05, 0) is 9.91 Å². The maximum absolute atomic E-state index is 10.2. The summed E-state index contributed by atoms with van der Waals surface area (Å²) in [4.78, 5) is 20.1. The number of aromatic amines is 1. The van der Waals surface area contributed by atoms with E-state index in [2.05, 4.69) is 15.0 Å². The van der Waals surface area contributed by atoms with E-state index >= 15 is 0 Å². The molecule has 2 aromatic heterocycles. The van der Waals surface area contributed by atoms with Crippen LogP contribution in [0.4, 0.5) is 5.95 Å². The summed E-state index contributed by atoms with van der Waals surface area (Å²) < 4.78 is 0. The number of nitro groups is 1. The molecule has 0 saturated heterocycles. The van der Waals surface area contributed by atoms with Gasteiger partial charge in [0.2, 0.25) is 4.83 Å². The minimum absolute atomic E-state index is 0.251. The first kappa shape index (κ1) is 6.23. The van der Waals surface area contributed by atoms with Crippen LogP contribution in [0.3, 0.4) is 0 Å². The highest BCUT2D eigenvalue weighted by molar-refractivity contribution is 7.16.